The zero-order valence-electron chi connectivity index (χ0n) is 16.4. The maximum atomic E-state index is 13.4. The average Bonchev–Trinajstić information content (AvgIpc) is 3.16. The summed E-state index contributed by atoms with van der Waals surface area (Å²) < 4.78 is 13.4. The molecule has 1 aliphatic rings. The highest BCUT2D eigenvalue weighted by molar-refractivity contribution is 6.04. The predicted octanol–water partition coefficient (Wildman–Crippen LogP) is 3.96. The first-order valence-electron chi connectivity index (χ1n) is 9.45. The first kappa shape index (κ1) is 19.4. The molecule has 150 valence electrons. The number of pyridine rings is 1. The number of benzene rings is 1. The summed E-state index contributed by atoms with van der Waals surface area (Å²) >= 11 is 0. The van der Waals surface area contributed by atoms with Crippen LogP contribution in [0.2, 0.25) is 0 Å². The minimum absolute atomic E-state index is 0.296. The van der Waals surface area contributed by atoms with Crippen molar-refractivity contribution in [2.75, 3.05) is 17.2 Å². The van der Waals surface area contributed by atoms with Crippen molar-refractivity contribution in [3.63, 3.8) is 0 Å². The van der Waals surface area contributed by atoms with Gasteiger partial charge < -0.3 is 10.6 Å². The molecular weight excluding hydrogens is 381 g/mol. The molecule has 0 spiro atoms. The molecule has 0 fully saturated rings. The zero-order chi connectivity index (χ0) is 20.8. The van der Waals surface area contributed by atoms with E-state index >= 15 is 0 Å². The van der Waals surface area contributed by atoms with E-state index in [1.807, 2.05) is 31.2 Å². The van der Waals surface area contributed by atoms with Crippen LogP contribution in [0.25, 0.3) is 12.2 Å². The van der Waals surface area contributed by atoms with Gasteiger partial charge in [-0.3, -0.25) is 9.98 Å². The lowest BCUT2D eigenvalue weighted by molar-refractivity contribution is 0.627. The highest BCUT2D eigenvalue weighted by Crippen LogP contribution is 2.13. The third-order valence-corrected chi connectivity index (χ3v) is 4.22. The Balaban J connectivity index is 1.58. The molecule has 0 saturated heterocycles. The van der Waals surface area contributed by atoms with Crippen LogP contribution in [0.15, 0.2) is 65.4 Å². The van der Waals surface area contributed by atoms with Gasteiger partial charge in [0.1, 0.15) is 11.7 Å². The number of hydrogen-bond donors (Lipinski definition) is 2. The summed E-state index contributed by atoms with van der Waals surface area (Å²) in [5.41, 5.74) is 2.88. The third-order valence-electron chi connectivity index (χ3n) is 4.22. The van der Waals surface area contributed by atoms with Crippen molar-refractivity contribution >= 4 is 29.9 Å². The fourth-order valence-electron chi connectivity index (χ4n) is 2.79. The molecule has 0 amide bonds. The van der Waals surface area contributed by atoms with Crippen molar-refractivity contribution in [3.8, 4) is 0 Å². The zero-order valence-corrected chi connectivity index (χ0v) is 16.4. The van der Waals surface area contributed by atoms with E-state index < -0.39 is 0 Å². The van der Waals surface area contributed by atoms with E-state index in [1.165, 1.54) is 12.1 Å². The van der Waals surface area contributed by atoms with Gasteiger partial charge in [-0.2, -0.15) is 15.0 Å². The standard InChI is InChI=1S/C22H20FN7/c1-15-10-20(25-12-15)29-22-28-19(8-7-16-4-2-6-18(23)11-16)27-21(30-22)26-14-17-5-3-9-24-13-17/h2-11,13H,12,14H2,1H3,(H2,25,26,27,28,29,30)/b8-7+. The summed E-state index contributed by atoms with van der Waals surface area (Å²) in [5, 5.41) is 6.31. The van der Waals surface area contributed by atoms with Crippen molar-refractivity contribution < 1.29 is 4.39 Å². The molecule has 0 bridgehead atoms. The quantitative estimate of drug-likeness (QED) is 0.650. The van der Waals surface area contributed by atoms with Crippen LogP contribution in [-0.4, -0.2) is 32.3 Å². The Morgan fingerprint density at radius 2 is 1.97 bits per heavy atom. The number of halogens is 1. The molecule has 2 N–H and O–H groups in total. The van der Waals surface area contributed by atoms with E-state index in [4.69, 9.17) is 0 Å². The Kier molecular flexibility index (Phi) is 5.84. The fraction of sp³-hybridized carbons (Fsp3) is 0.136. The van der Waals surface area contributed by atoms with E-state index in [1.54, 1.807) is 30.6 Å². The van der Waals surface area contributed by atoms with Crippen LogP contribution in [0.1, 0.15) is 23.9 Å². The first-order chi connectivity index (χ1) is 14.6. The maximum absolute atomic E-state index is 13.4. The number of nitrogens with one attached hydrogen (secondary N) is 2. The van der Waals surface area contributed by atoms with Gasteiger partial charge in [0.05, 0.1) is 6.54 Å². The summed E-state index contributed by atoms with van der Waals surface area (Å²) in [4.78, 5) is 21.8. The number of aromatic nitrogens is 4. The van der Waals surface area contributed by atoms with Crippen LogP contribution < -0.4 is 10.6 Å². The molecule has 0 unspecified atom stereocenters. The van der Waals surface area contributed by atoms with Crippen LogP contribution in [-0.2, 0) is 6.54 Å². The van der Waals surface area contributed by atoms with Crippen molar-refractivity contribution in [3.05, 3.63) is 83.2 Å². The van der Waals surface area contributed by atoms with E-state index in [2.05, 4.69) is 35.6 Å². The SMILES string of the molecule is CC1=CC(Nc2nc(/C=C/c3cccc(F)c3)nc(NCc3cccnc3)n2)=NC1. The van der Waals surface area contributed by atoms with Crippen LogP contribution in [0, 0.1) is 5.82 Å². The lowest BCUT2D eigenvalue weighted by Crippen LogP contribution is -2.14. The molecular formula is C22H20FN7. The second-order valence-electron chi connectivity index (χ2n) is 6.76. The molecule has 8 heteroatoms. The number of rotatable bonds is 6. The summed E-state index contributed by atoms with van der Waals surface area (Å²) in [6.45, 7) is 3.19. The lowest BCUT2D eigenvalue weighted by Gasteiger charge is -2.08. The molecule has 1 aromatic carbocycles. The van der Waals surface area contributed by atoms with Crippen molar-refractivity contribution in [1.82, 2.24) is 19.9 Å². The minimum atomic E-state index is -0.296. The Labute approximate surface area is 173 Å². The summed E-state index contributed by atoms with van der Waals surface area (Å²) in [7, 11) is 0. The maximum Gasteiger partial charge on any atom is 0.233 e. The van der Waals surface area contributed by atoms with Crippen molar-refractivity contribution in [2.45, 2.75) is 13.5 Å². The Morgan fingerprint density at radius 1 is 1.07 bits per heavy atom. The average molecular weight is 401 g/mol. The first-order valence-corrected chi connectivity index (χ1v) is 9.45. The Hall–Kier alpha value is -3.94. The van der Waals surface area contributed by atoms with Gasteiger partial charge in [0.25, 0.3) is 0 Å². The number of amidine groups is 1. The monoisotopic (exact) mass is 401 g/mol. The van der Waals surface area contributed by atoms with Crippen LogP contribution in [0.4, 0.5) is 16.3 Å². The van der Waals surface area contributed by atoms with Crippen LogP contribution in [0.5, 0.6) is 0 Å². The molecule has 1 aliphatic heterocycles. The molecule has 0 atom stereocenters. The molecule has 30 heavy (non-hydrogen) atoms. The molecule has 2 aromatic heterocycles. The van der Waals surface area contributed by atoms with Gasteiger partial charge >= 0.3 is 0 Å². The Bertz CT molecular complexity index is 1120. The summed E-state index contributed by atoms with van der Waals surface area (Å²) in [6.07, 6.45) is 8.92. The number of hydrogen-bond acceptors (Lipinski definition) is 7. The molecule has 3 aromatic rings. The normalized spacial score (nSPS) is 13.3. The fourth-order valence-corrected chi connectivity index (χ4v) is 2.79. The molecule has 0 aliphatic carbocycles. The smallest absolute Gasteiger partial charge is 0.233 e. The third kappa shape index (κ3) is 5.32. The number of nitrogens with zero attached hydrogens (tertiary/aromatic N) is 5. The van der Waals surface area contributed by atoms with Gasteiger partial charge in [-0.25, -0.2) is 4.39 Å². The van der Waals surface area contributed by atoms with E-state index in [9.17, 15) is 4.39 Å². The molecule has 4 rings (SSSR count). The number of anilines is 2. The molecule has 3 heterocycles. The minimum Gasteiger partial charge on any atom is -0.350 e. The van der Waals surface area contributed by atoms with Gasteiger partial charge in [0, 0.05) is 18.9 Å². The topological polar surface area (TPSA) is 88.0 Å². The van der Waals surface area contributed by atoms with Gasteiger partial charge in [0.2, 0.25) is 11.9 Å². The van der Waals surface area contributed by atoms with E-state index in [-0.39, 0.29) is 5.82 Å². The van der Waals surface area contributed by atoms with Gasteiger partial charge in [-0.05, 0) is 54.0 Å². The number of aliphatic imine (C=N–C) groups is 1. The van der Waals surface area contributed by atoms with E-state index in [0.717, 1.165) is 11.1 Å². The molecule has 7 nitrogen and oxygen atoms in total. The van der Waals surface area contributed by atoms with Gasteiger partial charge in [0.15, 0.2) is 5.82 Å². The van der Waals surface area contributed by atoms with Gasteiger partial charge in [-0.15, -0.1) is 0 Å². The van der Waals surface area contributed by atoms with Crippen molar-refractivity contribution in [1.29, 1.82) is 0 Å². The van der Waals surface area contributed by atoms with Crippen LogP contribution >= 0.6 is 0 Å². The largest absolute Gasteiger partial charge is 0.350 e. The summed E-state index contributed by atoms with van der Waals surface area (Å²) in [5.74, 6) is 1.63. The van der Waals surface area contributed by atoms with Crippen molar-refractivity contribution in [2.24, 2.45) is 4.99 Å². The predicted molar refractivity (Wildman–Crippen MR) is 116 cm³/mol. The highest BCUT2D eigenvalue weighted by Gasteiger charge is 2.09. The highest BCUT2D eigenvalue weighted by atomic mass is 19.1. The summed E-state index contributed by atoms with van der Waals surface area (Å²) in [6, 6.07) is 10.1. The molecule has 0 radical (unpaired) electrons. The molecule has 0 saturated carbocycles. The second-order valence-corrected chi connectivity index (χ2v) is 6.76. The Morgan fingerprint density at radius 3 is 2.73 bits per heavy atom. The van der Waals surface area contributed by atoms with Gasteiger partial charge in [-0.1, -0.05) is 24.3 Å². The van der Waals surface area contributed by atoms with Crippen LogP contribution in [0.3, 0.4) is 0 Å². The lowest BCUT2D eigenvalue weighted by atomic mass is 10.2. The second kappa shape index (κ2) is 9.04. The van der Waals surface area contributed by atoms with E-state index in [0.29, 0.717) is 42.2 Å².